The summed E-state index contributed by atoms with van der Waals surface area (Å²) in [6, 6.07) is 82.8. The first-order valence-corrected chi connectivity index (χ1v) is 24.6. The number of benzene rings is 10. The van der Waals surface area contributed by atoms with Gasteiger partial charge in [-0.2, -0.15) is 0 Å². The highest BCUT2D eigenvalue weighted by Crippen LogP contribution is 2.46. The van der Waals surface area contributed by atoms with Crippen molar-refractivity contribution in [2.75, 3.05) is 0 Å². The van der Waals surface area contributed by atoms with Crippen molar-refractivity contribution in [1.29, 1.82) is 0 Å². The van der Waals surface area contributed by atoms with Gasteiger partial charge in [-0.25, -0.2) is 19.9 Å². The molecule has 1 aliphatic rings. The van der Waals surface area contributed by atoms with Gasteiger partial charge in [-0.05, 0) is 79.2 Å². The maximum atomic E-state index is 5.34. The van der Waals surface area contributed by atoms with Crippen molar-refractivity contribution >= 4 is 43.1 Å². The molecule has 1 aliphatic carbocycles. The molecular weight excluding hydrogens is 849 g/mol. The van der Waals surface area contributed by atoms with Gasteiger partial charge in [0.15, 0.2) is 11.6 Å². The van der Waals surface area contributed by atoms with E-state index in [9.17, 15) is 0 Å². The van der Waals surface area contributed by atoms with Gasteiger partial charge in [0, 0.05) is 38.8 Å². The van der Waals surface area contributed by atoms with Crippen LogP contribution in [0.5, 0.6) is 0 Å². The van der Waals surface area contributed by atoms with Crippen LogP contribution in [0.15, 0.2) is 231 Å². The summed E-state index contributed by atoms with van der Waals surface area (Å²) < 4.78 is 0. The van der Waals surface area contributed by atoms with Gasteiger partial charge in [0.25, 0.3) is 0 Å². The summed E-state index contributed by atoms with van der Waals surface area (Å²) in [5.74, 6) is 1.44. The molecule has 12 aromatic rings. The third kappa shape index (κ3) is 7.41. The van der Waals surface area contributed by atoms with Gasteiger partial charge in [0.05, 0.1) is 22.8 Å². The van der Waals surface area contributed by atoms with E-state index in [4.69, 9.17) is 19.9 Å². The average Bonchev–Trinajstić information content (AvgIpc) is 3.44. The lowest BCUT2D eigenvalue weighted by Crippen LogP contribution is -2.30. The second-order valence-electron chi connectivity index (χ2n) is 18.8. The van der Waals surface area contributed by atoms with Crippen molar-refractivity contribution in [3.05, 3.63) is 242 Å². The normalized spacial score (nSPS) is 13.5. The predicted octanol–water partition coefficient (Wildman–Crippen LogP) is 17.1. The Bertz CT molecular complexity index is 3460. The van der Waals surface area contributed by atoms with E-state index >= 15 is 0 Å². The summed E-state index contributed by atoms with van der Waals surface area (Å²) in [6.45, 7) is 0. The number of aromatic nitrogens is 4. The Morgan fingerprint density at radius 1 is 0.271 bits per heavy atom. The number of nitrogens with zero attached hydrogens (tertiary/aromatic N) is 4. The van der Waals surface area contributed by atoms with Crippen LogP contribution < -0.4 is 0 Å². The Labute approximate surface area is 408 Å². The zero-order valence-electron chi connectivity index (χ0n) is 38.8. The van der Waals surface area contributed by atoms with Crippen LogP contribution in [-0.4, -0.2) is 19.9 Å². The number of rotatable bonds is 8. The molecule has 0 spiro atoms. The Morgan fingerprint density at radius 2 is 0.557 bits per heavy atom. The monoisotopic (exact) mass is 896 g/mol. The third-order valence-corrected chi connectivity index (χ3v) is 14.8. The van der Waals surface area contributed by atoms with E-state index in [2.05, 4.69) is 231 Å². The summed E-state index contributed by atoms with van der Waals surface area (Å²) in [5.41, 5.74) is 12.6. The van der Waals surface area contributed by atoms with Crippen LogP contribution >= 0.6 is 0 Å². The molecule has 1 saturated carbocycles. The lowest BCUT2D eigenvalue weighted by molar-refractivity contribution is 0.346. The van der Waals surface area contributed by atoms with Gasteiger partial charge >= 0.3 is 0 Å². The molecule has 2 aromatic heterocycles. The molecule has 0 N–H and O–H groups in total. The van der Waals surface area contributed by atoms with Gasteiger partial charge in [-0.3, -0.25) is 0 Å². The molecule has 0 amide bonds. The highest BCUT2D eigenvalue weighted by molar-refractivity contribution is 6.01. The highest BCUT2D eigenvalue weighted by Gasteiger charge is 2.36. The molecule has 4 nitrogen and oxygen atoms in total. The lowest BCUT2D eigenvalue weighted by Gasteiger charge is -2.39. The molecule has 2 heterocycles. The van der Waals surface area contributed by atoms with Crippen LogP contribution in [-0.2, 0) is 5.41 Å². The first-order chi connectivity index (χ1) is 34.6. The third-order valence-electron chi connectivity index (χ3n) is 14.8. The van der Waals surface area contributed by atoms with Gasteiger partial charge in [0.2, 0.25) is 0 Å². The van der Waals surface area contributed by atoms with E-state index in [-0.39, 0.29) is 5.41 Å². The van der Waals surface area contributed by atoms with E-state index in [0.29, 0.717) is 0 Å². The van der Waals surface area contributed by atoms with Crippen molar-refractivity contribution in [3.63, 3.8) is 0 Å². The molecule has 1 fully saturated rings. The molecule has 70 heavy (non-hydrogen) atoms. The Kier molecular flexibility index (Phi) is 10.4. The number of hydrogen-bond acceptors (Lipinski definition) is 4. The maximum Gasteiger partial charge on any atom is 0.160 e. The minimum atomic E-state index is -0.130. The first-order valence-electron chi connectivity index (χ1n) is 24.6. The summed E-state index contributed by atoms with van der Waals surface area (Å²) >= 11 is 0. The molecule has 0 radical (unpaired) electrons. The zero-order valence-corrected chi connectivity index (χ0v) is 38.8. The number of hydrogen-bond donors (Lipinski definition) is 0. The fourth-order valence-electron chi connectivity index (χ4n) is 11.3. The molecular formula is C66H48N4. The van der Waals surface area contributed by atoms with Crippen molar-refractivity contribution in [3.8, 4) is 67.8 Å². The Morgan fingerprint density at radius 3 is 0.871 bits per heavy atom. The van der Waals surface area contributed by atoms with Crippen LogP contribution in [0.2, 0.25) is 0 Å². The van der Waals surface area contributed by atoms with E-state index in [0.717, 1.165) is 80.6 Å². The molecule has 0 bridgehead atoms. The predicted molar refractivity (Wildman–Crippen MR) is 291 cm³/mol. The minimum Gasteiger partial charge on any atom is -0.228 e. The molecule has 0 unspecified atom stereocenters. The van der Waals surface area contributed by atoms with Crippen molar-refractivity contribution in [2.45, 2.75) is 37.5 Å². The molecule has 13 rings (SSSR count). The Hall–Kier alpha value is -8.60. The van der Waals surface area contributed by atoms with E-state index in [1.807, 2.05) is 0 Å². The fourth-order valence-corrected chi connectivity index (χ4v) is 11.3. The number of fused-ring (bicyclic) bond motifs is 4. The second-order valence-corrected chi connectivity index (χ2v) is 18.8. The topological polar surface area (TPSA) is 51.6 Å². The Balaban J connectivity index is 0.896. The minimum absolute atomic E-state index is 0.130. The standard InChI is InChI=1S/C66H48N4/c1-10-40-66(41-11-1,50-36-32-48(33-37-50)64-67-60(56-28-12-20-44-16-2-6-24-52(44)56)42-61(68-64)57-29-13-21-45-17-3-7-25-53(45)57)51-38-34-49(35-39-51)65-69-62(58-30-14-22-46-18-4-8-26-54(46)58)43-63(70-65)59-31-15-23-47-19-5-9-27-55(47)59/h2-9,12-39,42-43H,1,10-11,40-41H2. The van der Waals surface area contributed by atoms with E-state index in [1.165, 1.54) is 73.5 Å². The molecule has 10 aromatic carbocycles. The zero-order chi connectivity index (χ0) is 46.4. The summed E-state index contributed by atoms with van der Waals surface area (Å²) in [6.07, 6.45) is 5.78. The smallest absolute Gasteiger partial charge is 0.160 e. The SMILES string of the molecule is c1ccc2c(-c3cc(-c4cccc5ccccc45)nc(-c4ccc(C5(c6ccc(-c7nc(-c8cccc9ccccc89)cc(-c8cccc9ccccc89)n7)cc6)CCCCC5)cc4)n3)cccc2c1. The lowest BCUT2D eigenvalue weighted by atomic mass is 9.65. The van der Waals surface area contributed by atoms with Crippen molar-refractivity contribution < 1.29 is 0 Å². The van der Waals surface area contributed by atoms with Gasteiger partial charge in [-0.1, -0.05) is 238 Å². The van der Waals surface area contributed by atoms with Crippen LogP contribution in [0.3, 0.4) is 0 Å². The fraction of sp³-hybridized carbons (Fsp3) is 0.0909. The van der Waals surface area contributed by atoms with Crippen LogP contribution in [0.4, 0.5) is 0 Å². The molecule has 0 aliphatic heterocycles. The quantitative estimate of drug-likeness (QED) is 0.152. The van der Waals surface area contributed by atoms with Crippen molar-refractivity contribution in [2.24, 2.45) is 0 Å². The van der Waals surface area contributed by atoms with E-state index < -0.39 is 0 Å². The summed E-state index contributed by atoms with van der Waals surface area (Å²) in [5, 5.41) is 9.46. The molecule has 332 valence electrons. The molecule has 4 heteroatoms. The largest absolute Gasteiger partial charge is 0.228 e. The molecule has 0 saturated heterocycles. The van der Waals surface area contributed by atoms with Crippen LogP contribution in [0, 0.1) is 0 Å². The summed E-state index contributed by atoms with van der Waals surface area (Å²) in [7, 11) is 0. The molecule has 0 atom stereocenters. The summed E-state index contributed by atoms with van der Waals surface area (Å²) in [4.78, 5) is 21.4. The first kappa shape index (κ1) is 41.6. The van der Waals surface area contributed by atoms with Gasteiger partial charge < -0.3 is 0 Å². The van der Waals surface area contributed by atoms with Gasteiger partial charge in [-0.15, -0.1) is 0 Å². The van der Waals surface area contributed by atoms with E-state index in [1.54, 1.807) is 0 Å². The maximum absolute atomic E-state index is 5.34. The van der Waals surface area contributed by atoms with Gasteiger partial charge in [0.1, 0.15) is 0 Å². The van der Waals surface area contributed by atoms with Crippen LogP contribution in [0.25, 0.3) is 111 Å². The average molecular weight is 897 g/mol. The van der Waals surface area contributed by atoms with Crippen molar-refractivity contribution in [1.82, 2.24) is 19.9 Å². The highest BCUT2D eigenvalue weighted by atomic mass is 14.9. The second kappa shape index (κ2) is 17.5. The van der Waals surface area contributed by atoms with Crippen LogP contribution in [0.1, 0.15) is 43.2 Å².